The second-order valence-electron chi connectivity index (χ2n) is 10.2. The SMILES string of the molecule is CCc1sc(N)nc1/C(=N/O[C@@H](COc1ccc(C(N)=N[C@@H]2CCCNC2)cc1)C(=O)O)C(=O)N[C@@H]1C(=O)N(S(=O)(=O)O)[C@H]1C. The summed E-state index contributed by atoms with van der Waals surface area (Å²) in [6.07, 6.45) is 0.653. The van der Waals surface area contributed by atoms with E-state index >= 15 is 0 Å². The molecule has 4 atom stereocenters. The highest BCUT2D eigenvalue weighted by atomic mass is 32.2. The highest BCUT2D eigenvalue weighted by molar-refractivity contribution is 7.84. The van der Waals surface area contributed by atoms with Gasteiger partial charge in [0, 0.05) is 17.0 Å². The summed E-state index contributed by atoms with van der Waals surface area (Å²) in [5, 5.41) is 19.2. The van der Waals surface area contributed by atoms with E-state index in [1.54, 1.807) is 31.2 Å². The summed E-state index contributed by atoms with van der Waals surface area (Å²) in [7, 11) is -4.83. The van der Waals surface area contributed by atoms with E-state index in [2.05, 4.69) is 25.8 Å². The summed E-state index contributed by atoms with van der Waals surface area (Å²) >= 11 is 1.07. The van der Waals surface area contributed by atoms with Crippen molar-refractivity contribution in [2.45, 2.75) is 57.3 Å². The number of ether oxygens (including phenoxy) is 1. The molecule has 1 aromatic carbocycles. The van der Waals surface area contributed by atoms with Crippen LogP contribution in [-0.4, -0.2) is 101 Å². The van der Waals surface area contributed by atoms with Crippen LogP contribution >= 0.6 is 11.3 Å². The predicted molar refractivity (Wildman–Crippen MR) is 163 cm³/mol. The van der Waals surface area contributed by atoms with E-state index in [1.165, 1.54) is 6.92 Å². The maximum atomic E-state index is 13.3. The zero-order chi connectivity index (χ0) is 32.9. The number of oxime groups is 1. The third-order valence-corrected chi connectivity index (χ3v) is 9.07. The molecule has 17 nitrogen and oxygen atoms in total. The number of carboxylic acids is 1. The summed E-state index contributed by atoms with van der Waals surface area (Å²) in [6.45, 7) is 4.26. The number of anilines is 1. The van der Waals surface area contributed by atoms with Crippen LogP contribution in [0.25, 0.3) is 0 Å². The van der Waals surface area contributed by atoms with E-state index in [4.69, 9.17) is 21.0 Å². The fourth-order valence-electron chi connectivity index (χ4n) is 4.67. The summed E-state index contributed by atoms with van der Waals surface area (Å²) in [5.41, 5.74) is 12.1. The lowest BCUT2D eigenvalue weighted by Gasteiger charge is -2.42. The highest BCUT2D eigenvalue weighted by Crippen LogP contribution is 2.25. The third kappa shape index (κ3) is 8.04. The molecule has 0 unspecified atom stereocenters. The van der Waals surface area contributed by atoms with E-state index in [0.29, 0.717) is 28.4 Å². The van der Waals surface area contributed by atoms with E-state index in [9.17, 15) is 32.5 Å². The van der Waals surface area contributed by atoms with Crippen molar-refractivity contribution < 1.29 is 42.0 Å². The molecule has 3 heterocycles. The van der Waals surface area contributed by atoms with Gasteiger partial charge in [0.25, 0.3) is 17.9 Å². The van der Waals surface area contributed by atoms with Crippen molar-refractivity contribution in [2.75, 3.05) is 25.4 Å². The maximum absolute atomic E-state index is 13.3. The fourth-order valence-corrected chi connectivity index (χ4v) is 6.33. The minimum absolute atomic E-state index is 0.00697. The van der Waals surface area contributed by atoms with Crippen molar-refractivity contribution >= 4 is 56.1 Å². The van der Waals surface area contributed by atoms with Crippen LogP contribution in [0, 0.1) is 0 Å². The molecule has 0 bridgehead atoms. The molecule has 244 valence electrons. The summed E-state index contributed by atoms with van der Waals surface area (Å²) in [5.74, 6) is -2.86. The van der Waals surface area contributed by atoms with E-state index in [0.717, 1.165) is 37.3 Å². The molecule has 19 heteroatoms. The Morgan fingerprint density at radius 1 is 1.31 bits per heavy atom. The molecule has 0 spiro atoms. The van der Waals surface area contributed by atoms with Crippen LogP contribution in [0.3, 0.4) is 0 Å². The number of carbonyl (C=O) groups excluding carboxylic acids is 2. The number of rotatable bonds is 13. The number of benzene rings is 1. The van der Waals surface area contributed by atoms with Crippen LogP contribution in [0.15, 0.2) is 34.4 Å². The van der Waals surface area contributed by atoms with Crippen molar-refractivity contribution in [3.8, 4) is 5.75 Å². The number of nitrogens with zero attached hydrogens (tertiary/aromatic N) is 4. The Hall–Kier alpha value is -4.33. The van der Waals surface area contributed by atoms with Crippen molar-refractivity contribution in [1.29, 1.82) is 0 Å². The van der Waals surface area contributed by atoms with Crippen LogP contribution < -0.4 is 26.8 Å². The molecule has 2 amide bonds. The van der Waals surface area contributed by atoms with Crippen molar-refractivity contribution in [3.63, 3.8) is 0 Å². The van der Waals surface area contributed by atoms with Crippen LogP contribution in [0.4, 0.5) is 5.13 Å². The van der Waals surface area contributed by atoms with E-state index in [-0.39, 0.29) is 21.2 Å². The second-order valence-corrected chi connectivity index (χ2v) is 12.6. The molecule has 2 aromatic rings. The number of aromatic nitrogens is 1. The molecule has 0 radical (unpaired) electrons. The van der Waals surface area contributed by atoms with Gasteiger partial charge in [0.05, 0.1) is 12.1 Å². The summed E-state index contributed by atoms with van der Waals surface area (Å²) < 4.78 is 37.9. The Bertz CT molecular complexity index is 1590. The van der Waals surface area contributed by atoms with Gasteiger partial charge >= 0.3 is 16.3 Å². The minimum Gasteiger partial charge on any atom is -0.489 e. The third-order valence-electron chi connectivity index (χ3n) is 7.04. The molecular formula is C26H34N8O9S2. The Balaban J connectivity index is 1.47. The molecule has 0 saturated carbocycles. The summed E-state index contributed by atoms with van der Waals surface area (Å²) in [4.78, 5) is 52.0. The van der Waals surface area contributed by atoms with Crippen molar-refractivity contribution in [1.82, 2.24) is 19.9 Å². The first-order valence-electron chi connectivity index (χ1n) is 13.9. The highest BCUT2D eigenvalue weighted by Gasteiger charge is 2.51. The Morgan fingerprint density at radius 2 is 2.02 bits per heavy atom. The largest absolute Gasteiger partial charge is 0.489 e. The van der Waals surface area contributed by atoms with Gasteiger partial charge in [0.1, 0.15) is 29.9 Å². The number of hydrogen-bond acceptors (Lipinski definition) is 13. The zero-order valence-corrected chi connectivity index (χ0v) is 26.0. The number of amides is 2. The van der Waals surface area contributed by atoms with Gasteiger partial charge in [-0.15, -0.1) is 11.3 Å². The number of carboxylic acid groups (broad SMARTS) is 1. The number of amidine groups is 1. The Labute approximate surface area is 262 Å². The number of carbonyl (C=O) groups is 3. The molecule has 2 fully saturated rings. The standard InChI is InChI=1S/C26H34N8O9S2/c1-3-18-20(32-26(28)44-18)21(23(35)31-19-13(2)34(24(19)36)45(39,40)41)33-43-17(25(37)38)12-42-16-8-6-14(7-9-16)22(27)30-15-5-4-10-29-11-15/h6-9,13,15,17,19,29H,3-5,10-12H2,1-2H3,(H2,27,30)(H2,28,32)(H,31,35)(H,37,38)(H,39,40,41)/b33-21-/t13-,15+,17-,19-/m0/s1. The van der Waals surface area contributed by atoms with Gasteiger partial charge in [-0.25, -0.2) is 14.1 Å². The first-order chi connectivity index (χ1) is 21.3. The lowest BCUT2D eigenvalue weighted by atomic mass is 10.0. The lowest BCUT2D eigenvalue weighted by molar-refractivity contribution is -0.152. The number of nitrogens with one attached hydrogen (secondary N) is 2. The normalized spacial score (nSPS) is 21.5. The number of nitrogen functional groups attached to an aromatic ring is 1. The molecule has 8 N–H and O–H groups in total. The number of thiazole rings is 1. The molecular weight excluding hydrogens is 632 g/mol. The minimum atomic E-state index is -4.83. The monoisotopic (exact) mass is 666 g/mol. The average Bonchev–Trinajstić information content (AvgIpc) is 3.37. The number of aliphatic carboxylic acids is 1. The van der Waals surface area contributed by atoms with Gasteiger partial charge in [0.2, 0.25) is 0 Å². The zero-order valence-electron chi connectivity index (χ0n) is 24.4. The number of aliphatic imine (C=N–C) groups is 1. The molecule has 1 aromatic heterocycles. The van der Waals surface area contributed by atoms with Crippen LogP contribution in [0.2, 0.25) is 0 Å². The maximum Gasteiger partial charge on any atom is 0.362 e. The van der Waals surface area contributed by atoms with Gasteiger partial charge in [-0.1, -0.05) is 12.1 Å². The van der Waals surface area contributed by atoms with Crippen molar-refractivity contribution in [2.24, 2.45) is 15.9 Å². The van der Waals surface area contributed by atoms with Crippen LogP contribution in [0.1, 0.15) is 42.8 Å². The molecule has 4 rings (SSSR count). The van der Waals surface area contributed by atoms with Gasteiger partial charge in [-0.05, 0) is 57.0 Å². The van der Waals surface area contributed by atoms with Gasteiger partial charge in [-0.2, -0.15) is 8.42 Å². The number of piperidine rings is 1. The van der Waals surface area contributed by atoms with Crippen LogP contribution in [0.5, 0.6) is 5.75 Å². The molecule has 0 aliphatic carbocycles. The number of hydrogen-bond donors (Lipinski definition) is 6. The smallest absolute Gasteiger partial charge is 0.362 e. The van der Waals surface area contributed by atoms with E-state index < -0.39 is 58.6 Å². The Morgan fingerprint density at radius 3 is 2.60 bits per heavy atom. The topological polar surface area (TPSA) is 261 Å². The van der Waals surface area contributed by atoms with Gasteiger partial charge < -0.3 is 36.8 Å². The van der Waals surface area contributed by atoms with Crippen LogP contribution in [-0.2, 0) is 35.9 Å². The molecule has 2 aliphatic rings. The molecule has 2 aliphatic heterocycles. The van der Waals surface area contributed by atoms with E-state index in [1.807, 2.05) is 0 Å². The molecule has 2 saturated heterocycles. The second kappa shape index (κ2) is 14.2. The fraction of sp³-hybridized carbons (Fsp3) is 0.462. The number of nitrogens with two attached hydrogens (primary N) is 2. The number of aryl methyl sites for hydroxylation is 1. The van der Waals surface area contributed by atoms with Gasteiger partial charge in [-0.3, -0.25) is 19.1 Å². The Kier molecular flexibility index (Phi) is 10.6. The van der Waals surface area contributed by atoms with Gasteiger partial charge in [0.15, 0.2) is 10.8 Å². The average molecular weight is 667 g/mol. The quantitative estimate of drug-likeness (QED) is 0.0519. The first kappa shape index (κ1) is 33.6. The predicted octanol–water partition coefficient (Wildman–Crippen LogP) is -0.484. The number of β-lactam (4-membered cyclic amide) rings is 1. The van der Waals surface area contributed by atoms with Crippen molar-refractivity contribution in [3.05, 3.63) is 40.4 Å². The molecule has 45 heavy (non-hydrogen) atoms. The lowest BCUT2D eigenvalue weighted by Crippen LogP contribution is -2.71. The first-order valence-corrected chi connectivity index (χ1v) is 16.1. The summed E-state index contributed by atoms with van der Waals surface area (Å²) in [6, 6.07) is 4.22.